The van der Waals surface area contributed by atoms with Gasteiger partial charge in [0.05, 0.1) is 26.2 Å². The smallest absolute Gasteiger partial charge is 0.488 e. The van der Waals surface area contributed by atoms with Crippen LogP contribution in [0.25, 0.3) is 0 Å². The molecule has 4 N–H and O–H groups in total. The van der Waals surface area contributed by atoms with Crippen molar-refractivity contribution in [3.8, 4) is 0 Å². The van der Waals surface area contributed by atoms with Crippen molar-refractivity contribution in [2.24, 2.45) is 0 Å². The Kier molecular flexibility index (Phi) is 5.08. The van der Waals surface area contributed by atoms with E-state index in [1.807, 2.05) is 12.1 Å². The van der Waals surface area contributed by atoms with Crippen molar-refractivity contribution in [2.45, 2.75) is 0 Å². The minimum absolute atomic E-state index is 0. The zero-order valence-corrected chi connectivity index (χ0v) is 9.77. The van der Waals surface area contributed by atoms with Crippen molar-refractivity contribution in [2.75, 3.05) is 31.1 Å². The summed E-state index contributed by atoms with van der Waals surface area (Å²) in [7, 11) is -1.37. The lowest BCUT2D eigenvalue weighted by atomic mass is 9.80. The van der Waals surface area contributed by atoms with Gasteiger partial charge in [-0.1, -0.05) is 12.1 Å². The fourth-order valence-electron chi connectivity index (χ4n) is 1.87. The molecule has 1 fully saturated rings. The summed E-state index contributed by atoms with van der Waals surface area (Å²) < 4.78 is 0. The average Bonchev–Trinajstić information content (AvgIpc) is 2.30. The SMILES string of the molecule is OB(O)c1ccc(N2CC[NH2+]CC2)cc1.[Cl-]. The van der Waals surface area contributed by atoms with Crippen molar-refractivity contribution in [1.82, 2.24) is 0 Å². The molecule has 1 aromatic carbocycles. The molecular weight excluding hydrogens is 226 g/mol. The van der Waals surface area contributed by atoms with Crippen LogP contribution in [0.5, 0.6) is 0 Å². The molecule has 2 rings (SSSR count). The van der Waals surface area contributed by atoms with Gasteiger partial charge in [-0.05, 0) is 17.6 Å². The highest BCUT2D eigenvalue weighted by atomic mass is 35.5. The quantitative estimate of drug-likeness (QED) is 0.454. The van der Waals surface area contributed by atoms with Crippen LogP contribution >= 0.6 is 0 Å². The molecule has 1 aliphatic rings. The van der Waals surface area contributed by atoms with E-state index in [0.29, 0.717) is 5.46 Å². The minimum Gasteiger partial charge on any atom is -1.00 e. The standard InChI is InChI=1S/C10H15BN2O2.ClH/c14-11(15)9-1-3-10(4-2-9)13-7-5-12-6-8-13;/h1-4,12,14-15H,5-8H2;1H. The lowest BCUT2D eigenvalue weighted by Gasteiger charge is -2.27. The number of hydrogen-bond donors (Lipinski definition) is 3. The summed E-state index contributed by atoms with van der Waals surface area (Å²) in [5.41, 5.74) is 1.70. The van der Waals surface area contributed by atoms with E-state index < -0.39 is 7.12 Å². The number of nitrogens with zero attached hydrogens (tertiary/aromatic N) is 1. The van der Waals surface area contributed by atoms with E-state index in [9.17, 15) is 0 Å². The molecule has 0 bridgehead atoms. The van der Waals surface area contributed by atoms with E-state index in [1.54, 1.807) is 12.1 Å². The first-order valence-corrected chi connectivity index (χ1v) is 5.30. The number of anilines is 1. The summed E-state index contributed by atoms with van der Waals surface area (Å²) in [6.45, 7) is 4.37. The van der Waals surface area contributed by atoms with Gasteiger partial charge >= 0.3 is 7.12 Å². The van der Waals surface area contributed by atoms with Crippen molar-refractivity contribution in [3.63, 3.8) is 0 Å². The number of quaternary nitrogens is 1. The molecule has 0 radical (unpaired) electrons. The predicted molar refractivity (Wildman–Crippen MR) is 60.1 cm³/mol. The lowest BCUT2D eigenvalue weighted by Crippen LogP contribution is -3.00. The second kappa shape index (κ2) is 6.10. The molecule has 0 aromatic heterocycles. The highest BCUT2D eigenvalue weighted by Gasteiger charge is 2.14. The predicted octanol–water partition coefficient (Wildman–Crippen LogP) is -5.25. The third-order valence-electron chi connectivity index (χ3n) is 2.76. The first-order chi connectivity index (χ1) is 7.27. The first kappa shape index (κ1) is 13.3. The van der Waals surface area contributed by atoms with Crippen LogP contribution in [-0.2, 0) is 0 Å². The molecule has 0 aliphatic carbocycles. The fourth-order valence-corrected chi connectivity index (χ4v) is 1.87. The molecule has 16 heavy (non-hydrogen) atoms. The van der Waals surface area contributed by atoms with Crippen LogP contribution < -0.4 is 28.1 Å². The molecule has 88 valence electrons. The maximum atomic E-state index is 8.96. The van der Waals surface area contributed by atoms with Gasteiger partial charge in [-0.25, -0.2) is 0 Å². The Labute approximate surface area is 102 Å². The number of benzene rings is 1. The number of halogens is 1. The number of rotatable bonds is 2. The Morgan fingerprint density at radius 2 is 1.62 bits per heavy atom. The van der Waals surface area contributed by atoms with E-state index in [4.69, 9.17) is 10.0 Å². The molecule has 4 nitrogen and oxygen atoms in total. The molecule has 0 saturated carbocycles. The normalized spacial score (nSPS) is 15.5. The van der Waals surface area contributed by atoms with Crippen LogP contribution in [0.2, 0.25) is 0 Å². The molecule has 0 unspecified atom stereocenters. The zero-order valence-electron chi connectivity index (χ0n) is 9.01. The average molecular weight is 243 g/mol. The molecule has 0 amide bonds. The zero-order chi connectivity index (χ0) is 10.7. The van der Waals surface area contributed by atoms with Crippen LogP contribution in [-0.4, -0.2) is 43.3 Å². The molecule has 1 heterocycles. The van der Waals surface area contributed by atoms with E-state index in [1.165, 1.54) is 0 Å². The van der Waals surface area contributed by atoms with Gasteiger partial charge < -0.3 is 32.7 Å². The van der Waals surface area contributed by atoms with Crippen LogP contribution in [0.3, 0.4) is 0 Å². The summed E-state index contributed by atoms with van der Waals surface area (Å²) >= 11 is 0. The summed E-state index contributed by atoms with van der Waals surface area (Å²) in [5.74, 6) is 0. The Bertz CT molecular complexity index is 315. The molecule has 0 spiro atoms. The van der Waals surface area contributed by atoms with Gasteiger partial charge in [-0.15, -0.1) is 0 Å². The van der Waals surface area contributed by atoms with Crippen LogP contribution in [0.4, 0.5) is 5.69 Å². The van der Waals surface area contributed by atoms with Gasteiger partial charge in [0.1, 0.15) is 0 Å². The molecule has 0 atom stereocenters. The van der Waals surface area contributed by atoms with Crippen molar-refractivity contribution >= 4 is 18.3 Å². The summed E-state index contributed by atoms with van der Waals surface area (Å²) in [6, 6.07) is 7.41. The van der Waals surface area contributed by atoms with Gasteiger partial charge in [0.2, 0.25) is 0 Å². The maximum Gasteiger partial charge on any atom is 0.488 e. The summed E-state index contributed by atoms with van der Waals surface area (Å²) in [6.07, 6.45) is 0. The highest BCUT2D eigenvalue weighted by molar-refractivity contribution is 6.58. The Morgan fingerprint density at radius 3 is 2.12 bits per heavy atom. The van der Waals surface area contributed by atoms with E-state index >= 15 is 0 Å². The third kappa shape index (κ3) is 3.12. The highest BCUT2D eigenvalue weighted by Crippen LogP contribution is 2.11. The van der Waals surface area contributed by atoms with Gasteiger partial charge in [-0.3, -0.25) is 0 Å². The summed E-state index contributed by atoms with van der Waals surface area (Å²) in [5, 5.41) is 20.2. The van der Waals surface area contributed by atoms with Gasteiger partial charge in [0, 0.05) is 5.69 Å². The largest absolute Gasteiger partial charge is 1.00 e. The van der Waals surface area contributed by atoms with Gasteiger partial charge in [0.25, 0.3) is 0 Å². The minimum atomic E-state index is -1.37. The van der Waals surface area contributed by atoms with Gasteiger partial charge in [0.15, 0.2) is 0 Å². The first-order valence-electron chi connectivity index (χ1n) is 5.30. The molecule has 1 aromatic rings. The van der Waals surface area contributed by atoms with Crippen molar-refractivity contribution < 1.29 is 27.8 Å². The topological polar surface area (TPSA) is 60.3 Å². The van der Waals surface area contributed by atoms with Crippen molar-refractivity contribution in [3.05, 3.63) is 24.3 Å². The molecular formula is C10H16BClN2O2. The number of piperazine rings is 1. The van der Waals surface area contributed by atoms with E-state index in [0.717, 1.165) is 31.9 Å². The molecule has 6 heteroatoms. The second-order valence-electron chi connectivity index (χ2n) is 3.82. The summed E-state index contributed by atoms with van der Waals surface area (Å²) in [4.78, 5) is 2.31. The Morgan fingerprint density at radius 1 is 1.06 bits per heavy atom. The second-order valence-corrected chi connectivity index (χ2v) is 3.82. The Balaban J connectivity index is 0.00000128. The van der Waals surface area contributed by atoms with Crippen LogP contribution in [0, 0.1) is 0 Å². The fraction of sp³-hybridized carbons (Fsp3) is 0.400. The van der Waals surface area contributed by atoms with Gasteiger partial charge in [-0.2, -0.15) is 0 Å². The van der Waals surface area contributed by atoms with Crippen LogP contribution in [0.1, 0.15) is 0 Å². The maximum absolute atomic E-state index is 8.96. The van der Waals surface area contributed by atoms with E-state index in [2.05, 4.69) is 10.2 Å². The van der Waals surface area contributed by atoms with Crippen molar-refractivity contribution in [1.29, 1.82) is 0 Å². The number of hydrogen-bond acceptors (Lipinski definition) is 3. The lowest BCUT2D eigenvalue weighted by molar-refractivity contribution is -0.655. The molecule has 1 aliphatic heterocycles. The van der Waals surface area contributed by atoms with E-state index in [-0.39, 0.29) is 12.4 Å². The monoisotopic (exact) mass is 242 g/mol. The number of nitrogens with two attached hydrogens (primary N) is 1. The Hall–Kier alpha value is -0.745. The third-order valence-corrected chi connectivity index (χ3v) is 2.76. The molecule has 1 saturated heterocycles. The van der Waals surface area contributed by atoms with Crippen LogP contribution in [0.15, 0.2) is 24.3 Å².